The maximum Gasteiger partial charge on any atom is 0.224 e. The van der Waals surface area contributed by atoms with Crippen molar-refractivity contribution in [2.75, 3.05) is 20.0 Å². The van der Waals surface area contributed by atoms with Gasteiger partial charge in [-0.1, -0.05) is 11.6 Å². The summed E-state index contributed by atoms with van der Waals surface area (Å²) in [6, 6.07) is 0. The molecule has 0 saturated heterocycles. The van der Waals surface area contributed by atoms with Gasteiger partial charge < -0.3 is 15.2 Å². The van der Waals surface area contributed by atoms with Crippen LogP contribution in [0.4, 0.5) is 5.82 Å². The molecule has 0 amide bonds. The fourth-order valence-electron chi connectivity index (χ4n) is 0.986. The lowest BCUT2D eigenvalue weighted by atomic mass is 10.5. The Morgan fingerprint density at radius 3 is 1.85 bits per heavy atom. The molecule has 0 aromatic carbocycles. The number of hydrogen-bond acceptors (Lipinski definition) is 7. The SMILES string of the molecule is COc1cnc(Cl)nc1Cl.COc1cnc(Cl)nc1N. The van der Waals surface area contributed by atoms with E-state index in [2.05, 4.69) is 19.9 Å². The zero-order valence-electron chi connectivity index (χ0n) is 10.5. The van der Waals surface area contributed by atoms with E-state index in [1.807, 2.05) is 0 Å². The molecule has 0 aliphatic heterocycles. The molecule has 0 aliphatic carbocycles. The first-order chi connectivity index (χ1) is 9.47. The van der Waals surface area contributed by atoms with Gasteiger partial charge in [0.25, 0.3) is 0 Å². The Balaban J connectivity index is 0.000000200. The van der Waals surface area contributed by atoms with Crippen molar-refractivity contribution in [2.24, 2.45) is 0 Å². The van der Waals surface area contributed by atoms with Gasteiger partial charge in [0.1, 0.15) is 0 Å². The second kappa shape index (κ2) is 7.88. The van der Waals surface area contributed by atoms with E-state index in [1.54, 1.807) is 0 Å². The van der Waals surface area contributed by atoms with Gasteiger partial charge in [0.15, 0.2) is 22.5 Å². The predicted molar refractivity (Wildman–Crippen MR) is 76.6 cm³/mol. The van der Waals surface area contributed by atoms with Crippen LogP contribution in [0.25, 0.3) is 0 Å². The largest absolute Gasteiger partial charge is 0.492 e. The zero-order chi connectivity index (χ0) is 15.1. The molecule has 0 saturated carbocycles. The Hall–Kier alpha value is -1.57. The van der Waals surface area contributed by atoms with Crippen LogP contribution in [0, 0.1) is 0 Å². The van der Waals surface area contributed by atoms with Crippen molar-refractivity contribution >= 4 is 40.6 Å². The summed E-state index contributed by atoms with van der Waals surface area (Å²) in [4.78, 5) is 14.6. The fraction of sp³-hybridized carbons (Fsp3) is 0.200. The van der Waals surface area contributed by atoms with E-state index >= 15 is 0 Å². The smallest absolute Gasteiger partial charge is 0.224 e. The molecule has 0 bridgehead atoms. The number of halogens is 3. The average molecular weight is 339 g/mol. The number of rotatable bonds is 2. The standard InChI is InChI=1S/C5H4Cl2N2O.C5H6ClN3O/c1-10-3-2-8-5(7)9-4(3)6;1-10-3-2-8-5(6)9-4(3)7/h2H,1H3;2H,1H3,(H2,7,8,9). The van der Waals surface area contributed by atoms with E-state index in [-0.39, 0.29) is 21.5 Å². The number of hydrogen-bond donors (Lipinski definition) is 1. The number of anilines is 1. The summed E-state index contributed by atoms with van der Waals surface area (Å²) in [5.41, 5.74) is 5.37. The molecular formula is C10H10Cl3N5O2. The number of nitrogens with two attached hydrogens (primary N) is 1. The van der Waals surface area contributed by atoms with Crippen molar-refractivity contribution in [1.29, 1.82) is 0 Å². The minimum absolute atomic E-state index is 0.116. The molecule has 0 spiro atoms. The minimum atomic E-state index is 0.116. The Labute approximate surface area is 130 Å². The Bertz CT molecular complexity index is 533. The normalized spacial score (nSPS) is 9.45. The van der Waals surface area contributed by atoms with Gasteiger partial charge in [-0.25, -0.2) is 15.0 Å². The Kier molecular flexibility index (Phi) is 6.50. The van der Waals surface area contributed by atoms with E-state index in [4.69, 9.17) is 50.0 Å². The van der Waals surface area contributed by atoms with E-state index in [1.165, 1.54) is 26.6 Å². The molecule has 2 rings (SSSR count). The van der Waals surface area contributed by atoms with Crippen LogP contribution in [0.1, 0.15) is 0 Å². The molecule has 10 heteroatoms. The first-order valence-corrected chi connectivity index (χ1v) is 6.15. The quantitative estimate of drug-likeness (QED) is 0.664. The van der Waals surface area contributed by atoms with E-state index < -0.39 is 0 Å². The van der Waals surface area contributed by atoms with Gasteiger partial charge in [-0.3, -0.25) is 0 Å². The number of aromatic nitrogens is 4. The first-order valence-electron chi connectivity index (χ1n) is 5.02. The molecule has 20 heavy (non-hydrogen) atoms. The maximum atomic E-state index is 5.57. The highest BCUT2D eigenvalue weighted by Crippen LogP contribution is 2.20. The van der Waals surface area contributed by atoms with Gasteiger partial charge in [0.05, 0.1) is 26.6 Å². The maximum absolute atomic E-state index is 5.57. The summed E-state index contributed by atoms with van der Waals surface area (Å²) in [5, 5.41) is 0.464. The minimum Gasteiger partial charge on any atom is -0.492 e. The molecule has 7 nitrogen and oxygen atoms in total. The van der Waals surface area contributed by atoms with E-state index in [9.17, 15) is 0 Å². The second-order valence-corrected chi connectivity index (χ2v) is 4.13. The van der Waals surface area contributed by atoms with Crippen molar-refractivity contribution in [1.82, 2.24) is 19.9 Å². The van der Waals surface area contributed by atoms with Gasteiger partial charge in [0, 0.05) is 0 Å². The fourth-order valence-corrected chi connectivity index (χ4v) is 1.51. The van der Waals surface area contributed by atoms with Gasteiger partial charge in [0.2, 0.25) is 10.6 Å². The molecule has 0 radical (unpaired) electrons. The Morgan fingerprint density at radius 1 is 0.900 bits per heavy atom. The highest BCUT2D eigenvalue weighted by atomic mass is 35.5. The van der Waals surface area contributed by atoms with Gasteiger partial charge in [-0.05, 0) is 23.2 Å². The lowest BCUT2D eigenvalue weighted by molar-refractivity contribution is 0.411. The summed E-state index contributed by atoms with van der Waals surface area (Å²) < 4.78 is 9.58. The van der Waals surface area contributed by atoms with E-state index in [0.717, 1.165) is 0 Å². The van der Waals surface area contributed by atoms with Crippen molar-refractivity contribution in [3.63, 3.8) is 0 Å². The average Bonchev–Trinajstić information content (AvgIpc) is 2.40. The van der Waals surface area contributed by atoms with E-state index in [0.29, 0.717) is 11.5 Å². The number of nitrogen functional groups attached to an aromatic ring is 1. The summed E-state index contributed by atoms with van der Waals surface area (Å²) in [6.45, 7) is 0. The molecule has 0 unspecified atom stereocenters. The predicted octanol–water partition coefficient (Wildman–Crippen LogP) is 2.51. The van der Waals surface area contributed by atoms with Crippen LogP contribution < -0.4 is 15.2 Å². The van der Waals surface area contributed by atoms with Gasteiger partial charge in [-0.15, -0.1) is 0 Å². The lowest BCUT2D eigenvalue weighted by Gasteiger charge is -2.00. The molecular weight excluding hydrogens is 329 g/mol. The number of methoxy groups -OCH3 is 2. The van der Waals surface area contributed by atoms with Crippen molar-refractivity contribution in [3.05, 3.63) is 28.1 Å². The van der Waals surface area contributed by atoms with Crippen LogP contribution >= 0.6 is 34.8 Å². The van der Waals surface area contributed by atoms with Crippen LogP contribution in [-0.4, -0.2) is 34.2 Å². The third-order valence-electron chi connectivity index (χ3n) is 1.88. The summed E-state index contributed by atoms with van der Waals surface area (Å²) in [7, 11) is 2.97. The van der Waals surface area contributed by atoms with Crippen molar-refractivity contribution < 1.29 is 9.47 Å². The highest BCUT2D eigenvalue weighted by Gasteiger charge is 2.01. The summed E-state index contributed by atoms with van der Waals surface area (Å²) >= 11 is 16.4. The topological polar surface area (TPSA) is 96.0 Å². The molecule has 2 heterocycles. The number of nitrogens with zero attached hydrogens (tertiary/aromatic N) is 4. The third kappa shape index (κ3) is 4.84. The molecule has 2 aromatic rings. The zero-order valence-corrected chi connectivity index (χ0v) is 12.7. The lowest BCUT2D eigenvalue weighted by Crippen LogP contribution is -1.96. The molecule has 2 N–H and O–H groups in total. The molecule has 0 atom stereocenters. The second-order valence-electron chi connectivity index (χ2n) is 3.09. The summed E-state index contributed by atoms with van der Waals surface area (Å²) in [5.74, 6) is 1.11. The van der Waals surface area contributed by atoms with Crippen LogP contribution in [0.2, 0.25) is 15.7 Å². The van der Waals surface area contributed by atoms with Crippen LogP contribution in [0.3, 0.4) is 0 Å². The van der Waals surface area contributed by atoms with Crippen LogP contribution in [0.5, 0.6) is 11.5 Å². The monoisotopic (exact) mass is 337 g/mol. The van der Waals surface area contributed by atoms with Gasteiger partial charge >= 0.3 is 0 Å². The van der Waals surface area contributed by atoms with Gasteiger partial charge in [-0.2, -0.15) is 4.98 Å². The van der Waals surface area contributed by atoms with Crippen LogP contribution in [-0.2, 0) is 0 Å². The van der Waals surface area contributed by atoms with Crippen LogP contribution in [0.15, 0.2) is 12.4 Å². The third-order valence-corrected chi connectivity index (χ3v) is 2.51. The summed E-state index contributed by atoms with van der Waals surface area (Å²) in [6.07, 6.45) is 2.84. The number of ether oxygens (including phenoxy) is 2. The molecule has 0 fully saturated rings. The Morgan fingerprint density at radius 2 is 1.40 bits per heavy atom. The first kappa shape index (κ1) is 16.5. The molecule has 108 valence electrons. The van der Waals surface area contributed by atoms with Crippen molar-refractivity contribution in [3.8, 4) is 11.5 Å². The molecule has 0 aliphatic rings. The van der Waals surface area contributed by atoms with Crippen molar-refractivity contribution in [2.45, 2.75) is 0 Å². The highest BCUT2D eigenvalue weighted by molar-refractivity contribution is 6.32. The molecule has 2 aromatic heterocycles.